The molecule has 0 aliphatic carbocycles. The molecule has 0 saturated heterocycles. The summed E-state index contributed by atoms with van der Waals surface area (Å²) in [5.74, 6) is 1.87. The Kier molecular flexibility index (Phi) is 5.32. The molecule has 1 rings (SSSR count). The number of hydrogen-bond donors (Lipinski definition) is 1. The number of rotatable bonds is 5. The smallest absolute Gasteiger partial charge is 0.123 e. The van der Waals surface area contributed by atoms with Gasteiger partial charge in [0.25, 0.3) is 0 Å². The van der Waals surface area contributed by atoms with Crippen LogP contribution in [0.15, 0.2) is 29.2 Å². The first-order valence-electron chi connectivity index (χ1n) is 4.32. The van der Waals surface area contributed by atoms with Crippen molar-refractivity contribution in [2.45, 2.75) is 17.7 Å². The summed E-state index contributed by atoms with van der Waals surface area (Å²) < 4.78 is 12.5. The number of thioether (sulfide) groups is 1. The van der Waals surface area contributed by atoms with Crippen LogP contribution in [0.3, 0.4) is 0 Å². The van der Waals surface area contributed by atoms with Gasteiger partial charge in [0.2, 0.25) is 0 Å². The third-order valence-corrected chi connectivity index (χ3v) is 3.05. The van der Waals surface area contributed by atoms with Gasteiger partial charge < -0.3 is 0 Å². The molecule has 0 bridgehead atoms. The van der Waals surface area contributed by atoms with Gasteiger partial charge in [0.05, 0.1) is 0 Å². The minimum atomic E-state index is -0.167. The van der Waals surface area contributed by atoms with E-state index in [-0.39, 0.29) is 5.82 Å². The monoisotopic (exact) mass is 216 g/mol. The molecule has 0 aliphatic rings. The molecule has 0 saturated carbocycles. The minimum absolute atomic E-state index is 0.167. The second-order valence-corrected chi connectivity index (χ2v) is 4.35. The summed E-state index contributed by atoms with van der Waals surface area (Å²) in [7, 11) is 0. The van der Waals surface area contributed by atoms with Crippen LogP contribution in [0.1, 0.15) is 12.8 Å². The van der Waals surface area contributed by atoms with Crippen LogP contribution in [0.4, 0.5) is 4.39 Å². The lowest BCUT2D eigenvalue weighted by molar-refractivity contribution is 0.626. The zero-order chi connectivity index (χ0) is 9.52. The first kappa shape index (κ1) is 10.9. The predicted molar refractivity (Wildman–Crippen MR) is 60.2 cm³/mol. The first-order chi connectivity index (χ1) is 6.33. The van der Waals surface area contributed by atoms with Crippen LogP contribution in [0.25, 0.3) is 0 Å². The molecule has 0 fully saturated rings. The largest absolute Gasteiger partial charge is 0.207 e. The van der Waals surface area contributed by atoms with E-state index in [9.17, 15) is 4.39 Å². The van der Waals surface area contributed by atoms with Crippen LogP contribution in [0.2, 0.25) is 0 Å². The molecular weight excluding hydrogens is 203 g/mol. The fourth-order valence-electron chi connectivity index (χ4n) is 0.935. The van der Waals surface area contributed by atoms with Crippen LogP contribution in [0.5, 0.6) is 0 Å². The molecule has 0 heterocycles. The topological polar surface area (TPSA) is 0 Å². The lowest BCUT2D eigenvalue weighted by Crippen LogP contribution is -1.82. The molecule has 0 amide bonds. The van der Waals surface area contributed by atoms with E-state index in [0.717, 1.165) is 22.8 Å². The standard InChI is InChI=1S/C10H13FS2/c11-9-3-5-10(6-4-9)13-8-2-1-7-12/h3-6,12H,1-2,7-8H2. The highest BCUT2D eigenvalue weighted by atomic mass is 32.2. The van der Waals surface area contributed by atoms with E-state index >= 15 is 0 Å². The van der Waals surface area contributed by atoms with Crippen LogP contribution < -0.4 is 0 Å². The Bertz CT molecular complexity index is 233. The van der Waals surface area contributed by atoms with Crippen molar-refractivity contribution >= 4 is 24.4 Å². The Labute approximate surface area is 88.3 Å². The second-order valence-electron chi connectivity index (χ2n) is 2.73. The number of unbranched alkanes of at least 4 members (excludes halogenated alkanes) is 1. The third-order valence-electron chi connectivity index (χ3n) is 1.63. The highest BCUT2D eigenvalue weighted by Crippen LogP contribution is 2.19. The van der Waals surface area contributed by atoms with Gasteiger partial charge in [-0.15, -0.1) is 11.8 Å². The van der Waals surface area contributed by atoms with Crippen LogP contribution in [0, 0.1) is 5.82 Å². The van der Waals surface area contributed by atoms with Gasteiger partial charge in [-0.05, 0) is 48.6 Å². The van der Waals surface area contributed by atoms with Crippen molar-refractivity contribution in [3.63, 3.8) is 0 Å². The molecule has 1 aromatic rings. The molecule has 0 spiro atoms. The van der Waals surface area contributed by atoms with Crippen LogP contribution in [-0.4, -0.2) is 11.5 Å². The van der Waals surface area contributed by atoms with E-state index in [1.54, 1.807) is 11.8 Å². The molecule has 0 aromatic heterocycles. The summed E-state index contributed by atoms with van der Waals surface area (Å²) in [5, 5.41) is 0. The molecule has 0 N–H and O–H groups in total. The van der Waals surface area contributed by atoms with E-state index in [2.05, 4.69) is 12.6 Å². The van der Waals surface area contributed by atoms with Gasteiger partial charge in [-0.1, -0.05) is 0 Å². The van der Waals surface area contributed by atoms with Gasteiger partial charge in [0, 0.05) is 4.90 Å². The lowest BCUT2D eigenvalue weighted by Gasteiger charge is -1.99. The van der Waals surface area contributed by atoms with Gasteiger partial charge in [0.15, 0.2) is 0 Å². The van der Waals surface area contributed by atoms with Gasteiger partial charge >= 0.3 is 0 Å². The van der Waals surface area contributed by atoms with Gasteiger partial charge in [-0.2, -0.15) is 12.6 Å². The quantitative estimate of drug-likeness (QED) is 0.445. The lowest BCUT2D eigenvalue weighted by atomic mass is 10.3. The Morgan fingerprint density at radius 1 is 1.15 bits per heavy atom. The maximum absolute atomic E-state index is 12.5. The summed E-state index contributed by atoms with van der Waals surface area (Å²) >= 11 is 5.90. The predicted octanol–water partition coefficient (Wildman–Crippen LogP) is 3.63. The second kappa shape index (κ2) is 6.33. The summed E-state index contributed by atoms with van der Waals surface area (Å²) in [6, 6.07) is 6.64. The molecule has 0 atom stereocenters. The molecule has 72 valence electrons. The van der Waals surface area contributed by atoms with Crippen molar-refractivity contribution in [2.24, 2.45) is 0 Å². The Morgan fingerprint density at radius 2 is 1.85 bits per heavy atom. The zero-order valence-electron chi connectivity index (χ0n) is 7.37. The highest BCUT2D eigenvalue weighted by Gasteiger charge is 1.94. The number of benzene rings is 1. The van der Waals surface area contributed by atoms with E-state index in [4.69, 9.17) is 0 Å². The summed E-state index contributed by atoms with van der Waals surface area (Å²) in [4.78, 5) is 1.14. The van der Waals surface area contributed by atoms with Crippen LogP contribution >= 0.6 is 24.4 Å². The number of thiol groups is 1. The van der Waals surface area contributed by atoms with E-state index in [1.165, 1.54) is 18.6 Å². The number of halogens is 1. The average molecular weight is 216 g/mol. The molecule has 13 heavy (non-hydrogen) atoms. The molecule has 3 heteroatoms. The Balaban J connectivity index is 2.25. The molecule has 0 nitrogen and oxygen atoms in total. The van der Waals surface area contributed by atoms with Crippen molar-refractivity contribution in [3.8, 4) is 0 Å². The first-order valence-corrected chi connectivity index (χ1v) is 5.94. The molecule has 0 aliphatic heterocycles. The van der Waals surface area contributed by atoms with Gasteiger partial charge in [0.1, 0.15) is 5.82 Å². The summed E-state index contributed by atoms with van der Waals surface area (Å²) in [5.41, 5.74) is 0. The fourth-order valence-corrected chi connectivity index (χ4v) is 2.07. The molecular formula is C10H13FS2. The fraction of sp³-hybridized carbons (Fsp3) is 0.400. The zero-order valence-corrected chi connectivity index (χ0v) is 9.08. The Hall–Kier alpha value is -0.150. The Morgan fingerprint density at radius 3 is 2.46 bits per heavy atom. The van der Waals surface area contributed by atoms with Crippen molar-refractivity contribution in [1.29, 1.82) is 0 Å². The van der Waals surface area contributed by atoms with E-state index < -0.39 is 0 Å². The summed E-state index contributed by atoms with van der Waals surface area (Å²) in [6.07, 6.45) is 2.32. The molecule has 0 unspecified atom stereocenters. The maximum Gasteiger partial charge on any atom is 0.123 e. The molecule has 1 aromatic carbocycles. The highest BCUT2D eigenvalue weighted by molar-refractivity contribution is 7.99. The van der Waals surface area contributed by atoms with Crippen LogP contribution in [-0.2, 0) is 0 Å². The van der Waals surface area contributed by atoms with E-state index in [0.29, 0.717) is 0 Å². The SMILES string of the molecule is Fc1ccc(SCCCCS)cc1. The normalized spacial score (nSPS) is 10.3. The number of hydrogen-bond acceptors (Lipinski definition) is 2. The maximum atomic E-state index is 12.5. The average Bonchev–Trinajstić information content (AvgIpc) is 2.15. The third kappa shape index (κ3) is 4.58. The van der Waals surface area contributed by atoms with Gasteiger partial charge in [-0.3, -0.25) is 0 Å². The molecule has 0 radical (unpaired) electrons. The van der Waals surface area contributed by atoms with Crippen molar-refractivity contribution in [2.75, 3.05) is 11.5 Å². The van der Waals surface area contributed by atoms with Crippen molar-refractivity contribution in [1.82, 2.24) is 0 Å². The van der Waals surface area contributed by atoms with Crippen molar-refractivity contribution in [3.05, 3.63) is 30.1 Å². The minimum Gasteiger partial charge on any atom is -0.207 e. The van der Waals surface area contributed by atoms with Crippen molar-refractivity contribution < 1.29 is 4.39 Å². The van der Waals surface area contributed by atoms with Gasteiger partial charge in [-0.25, -0.2) is 4.39 Å². The van der Waals surface area contributed by atoms with E-state index in [1.807, 2.05) is 12.1 Å². The summed E-state index contributed by atoms with van der Waals surface area (Å²) in [6.45, 7) is 0.